The number of rotatable bonds is 2. The summed E-state index contributed by atoms with van der Waals surface area (Å²) in [6, 6.07) is -0.376. The van der Waals surface area contributed by atoms with Gasteiger partial charge in [-0.3, -0.25) is 4.79 Å². The summed E-state index contributed by atoms with van der Waals surface area (Å²) in [5.41, 5.74) is 0.398. The molecule has 0 spiro atoms. The standard InChI is InChI=1S/C18H27NO3S/c1-10-12-7-11(17(12,2)3)8-14(10)22-16(21)13-9-23-18(4)6-5-15(20)19(13)18/h10-14H,5-9H2,1-4H3/t10-,11+,12+,13-,14-,18-/m0/s1. The summed E-state index contributed by atoms with van der Waals surface area (Å²) in [5, 5.41) is 0. The zero-order chi connectivity index (χ0) is 16.6. The van der Waals surface area contributed by atoms with E-state index >= 15 is 0 Å². The van der Waals surface area contributed by atoms with Gasteiger partial charge in [0.1, 0.15) is 12.1 Å². The lowest BCUT2D eigenvalue weighted by Gasteiger charge is -2.61. The Morgan fingerprint density at radius 3 is 2.70 bits per heavy atom. The van der Waals surface area contributed by atoms with Gasteiger partial charge >= 0.3 is 5.97 Å². The molecule has 3 aliphatic carbocycles. The predicted molar refractivity (Wildman–Crippen MR) is 89.8 cm³/mol. The number of fused-ring (bicyclic) bond motifs is 3. The Kier molecular flexibility index (Phi) is 3.37. The highest BCUT2D eigenvalue weighted by molar-refractivity contribution is 8.01. The van der Waals surface area contributed by atoms with Crippen molar-refractivity contribution in [2.45, 2.75) is 70.4 Å². The first-order valence-corrected chi connectivity index (χ1v) is 9.89. The SMILES string of the molecule is C[C@@H]1[C@@H](OC(=O)[C@@H]2CS[C@@]3(C)CCC(=O)N23)C[C@H]2C[C@H]1C2(C)C. The largest absolute Gasteiger partial charge is 0.461 e. The molecule has 5 rings (SSSR count). The van der Waals surface area contributed by atoms with Gasteiger partial charge in [0.2, 0.25) is 5.91 Å². The van der Waals surface area contributed by atoms with Crippen LogP contribution in [0.2, 0.25) is 0 Å². The summed E-state index contributed by atoms with van der Waals surface area (Å²) < 4.78 is 5.94. The van der Waals surface area contributed by atoms with Crippen molar-refractivity contribution in [2.75, 3.05) is 5.75 Å². The summed E-state index contributed by atoms with van der Waals surface area (Å²) >= 11 is 1.73. The maximum atomic E-state index is 12.7. The van der Waals surface area contributed by atoms with E-state index in [2.05, 4.69) is 27.7 Å². The first-order valence-electron chi connectivity index (χ1n) is 8.90. The molecule has 5 fully saturated rings. The molecular formula is C18H27NO3S. The van der Waals surface area contributed by atoms with Gasteiger partial charge < -0.3 is 9.64 Å². The predicted octanol–water partition coefficient (Wildman–Crippen LogP) is 3.05. The number of thioether (sulfide) groups is 1. The number of hydrogen-bond donors (Lipinski definition) is 0. The molecule has 3 saturated carbocycles. The van der Waals surface area contributed by atoms with E-state index in [9.17, 15) is 9.59 Å². The third-order valence-electron chi connectivity index (χ3n) is 7.27. The highest BCUT2D eigenvalue weighted by Crippen LogP contribution is 2.61. The van der Waals surface area contributed by atoms with Crippen molar-refractivity contribution < 1.29 is 14.3 Å². The van der Waals surface area contributed by atoms with E-state index in [1.807, 2.05) is 0 Å². The number of hydrogen-bond acceptors (Lipinski definition) is 4. The molecule has 0 aromatic heterocycles. The van der Waals surface area contributed by atoms with Crippen molar-refractivity contribution in [2.24, 2.45) is 23.2 Å². The van der Waals surface area contributed by atoms with Crippen molar-refractivity contribution in [3.63, 3.8) is 0 Å². The van der Waals surface area contributed by atoms with E-state index in [1.165, 1.54) is 6.42 Å². The van der Waals surface area contributed by atoms with Crippen LogP contribution in [0.25, 0.3) is 0 Å². The second-order valence-corrected chi connectivity index (χ2v) is 10.2. The van der Waals surface area contributed by atoms with Crippen molar-refractivity contribution in [3.05, 3.63) is 0 Å². The Morgan fingerprint density at radius 1 is 1.30 bits per heavy atom. The topological polar surface area (TPSA) is 46.6 Å². The van der Waals surface area contributed by atoms with Crippen LogP contribution in [0.4, 0.5) is 0 Å². The maximum Gasteiger partial charge on any atom is 0.330 e. The Labute approximate surface area is 142 Å². The molecule has 2 saturated heterocycles. The van der Waals surface area contributed by atoms with Gasteiger partial charge in [-0.05, 0) is 49.4 Å². The molecule has 23 heavy (non-hydrogen) atoms. The summed E-state index contributed by atoms with van der Waals surface area (Å²) in [5.74, 6) is 2.38. The quantitative estimate of drug-likeness (QED) is 0.727. The summed E-state index contributed by atoms with van der Waals surface area (Å²) in [6.07, 6.45) is 3.71. The van der Waals surface area contributed by atoms with Gasteiger partial charge in [-0.25, -0.2) is 4.79 Å². The zero-order valence-corrected chi connectivity index (χ0v) is 15.3. The van der Waals surface area contributed by atoms with Crippen LogP contribution >= 0.6 is 11.8 Å². The van der Waals surface area contributed by atoms with E-state index in [1.54, 1.807) is 16.7 Å². The van der Waals surface area contributed by atoms with Crippen molar-refractivity contribution >= 4 is 23.6 Å². The summed E-state index contributed by atoms with van der Waals surface area (Å²) in [6.45, 7) is 9.01. The van der Waals surface area contributed by atoms with Crippen molar-refractivity contribution in [1.29, 1.82) is 0 Å². The Hall–Kier alpha value is -0.710. The van der Waals surface area contributed by atoms with Crippen LogP contribution in [0.15, 0.2) is 0 Å². The van der Waals surface area contributed by atoms with Gasteiger partial charge in [0, 0.05) is 12.2 Å². The number of carbonyl (C=O) groups excluding carboxylic acids is 2. The lowest BCUT2D eigenvalue weighted by atomic mass is 9.45. The van der Waals surface area contributed by atoms with Crippen LogP contribution < -0.4 is 0 Å². The minimum Gasteiger partial charge on any atom is -0.461 e. The minimum atomic E-state index is -0.376. The van der Waals surface area contributed by atoms with E-state index < -0.39 is 0 Å². The first kappa shape index (κ1) is 15.8. The lowest BCUT2D eigenvalue weighted by molar-refractivity contribution is -0.190. The van der Waals surface area contributed by atoms with E-state index in [-0.39, 0.29) is 28.9 Å². The van der Waals surface area contributed by atoms with E-state index in [0.29, 0.717) is 35.3 Å². The fraction of sp³-hybridized carbons (Fsp3) is 0.889. The Morgan fingerprint density at radius 2 is 2.04 bits per heavy atom. The maximum absolute atomic E-state index is 12.7. The smallest absolute Gasteiger partial charge is 0.330 e. The summed E-state index contributed by atoms with van der Waals surface area (Å²) in [7, 11) is 0. The van der Waals surface area contributed by atoms with Gasteiger partial charge in [0.15, 0.2) is 0 Å². The number of ether oxygens (including phenoxy) is 1. The normalized spacial score (nSPS) is 47.2. The van der Waals surface area contributed by atoms with Gasteiger partial charge in [-0.2, -0.15) is 0 Å². The second-order valence-electron chi connectivity index (χ2n) is 8.70. The molecular weight excluding hydrogens is 310 g/mol. The first-order chi connectivity index (χ1) is 10.7. The third-order valence-corrected chi connectivity index (χ3v) is 8.77. The van der Waals surface area contributed by atoms with Crippen molar-refractivity contribution in [1.82, 2.24) is 4.90 Å². The molecule has 2 heterocycles. The number of nitrogens with zero attached hydrogens (tertiary/aromatic N) is 1. The molecule has 5 aliphatic rings. The van der Waals surface area contributed by atoms with Crippen LogP contribution in [0.1, 0.15) is 53.4 Å². The molecule has 1 amide bonds. The molecule has 0 unspecified atom stereocenters. The van der Waals surface area contributed by atoms with Crippen LogP contribution in [0.5, 0.6) is 0 Å². The molecule has 0 aromatic carbocycles. The average Bonchev–Trinajstić information content (AvgIpc) is 2.97. The lowest BCUT2D eigenvalue weighted by Crippen LogP contribution is -2.58. The average molecular weight is 337 g/mol. The van der Waals surface area contributed by atoms with Gasteiger partial charge in [0.05, 0.1) is 4.87 Å². The van der Waals surface area contributed by atoms with Gasteiger partial charge in [-0.1, -0.05) is 20.8 Å². The van der Waals surface area contributed by atoms with Crippen LogP contribution in [-0.2, 0) is 14.3 Å². The van der Waals surface area contributed by atoms with Crippen molar-refractivity contribution in [3.8, 4) is 0 Å². The highest BCUT2D eigenvalue weighted by atomic mass is 32.2. The fourth-order valence-electron chi connectivity index (χ4n) is 5.48. The molecule has 5 heteroatoms. The molecule has 6 atom stereocenters. The molecule has 0 radical (unpaired) electrons. The zero-order valence-electron chi connectivity index (χ0n) is 14.5. The molecule has 4 nitrogen and oxygen atoms in total. The Balaban J connectivity index is 1.44. The molecule has 128 valence electrons. The van der Waals surface area contributed by atoms with Gasteiger partial charge in [0.25, 0.3) is 0 Å². The highest BCUT2D eigenvalue weighted by Gasteiger charge is 2.58. The number of carbonyl (C=O) groups is 2. The minimum absolute atomic E-state index is 0.0360. The monoisotopic (exact) mass is 337 g/mol. The van der Waals surface area contributed by atoms with E-state index in [0.717, 1.165) is 12.8 Å². The number of esters is 1. The van der Waals surface area contributed by atoms with E-state index in [4.69, 9.17) is 4.74 Å². The molecule has 2 bridgehead atoms. The Bertz CT molecular complexity index is 562. The summed E-state index contributed by atoms with van der Waals surface area (Å²) in [4.78, 5) is 26.5. The van der Waals surface area contributed by atoms with Crippen LogP contribution in [-0.4, -0.2) is 39.5 Å². The van der Waals surface area contributed by atoms with Crippen LogP contribution in [0, 0.1) is 23.2 Å². The third kappa shape index (κ3) is 2.11. The molecule has 2 aliphatic heterocycles. The molecule has 0 N–H and O–H groups in total. The number of amides is 1. The fourth-order valence-corrected chi connectivity index (χ4v) is 6.90. The molecule has 0 aromatic rings. The van der Waals surface area contributed by atoms with Crippen LogP contribution in [0.3, 0.4) is 0 Å². The van der Waals surface area contributed by atoms with Gasteiger partial charge in [-0.15, -0.1) is 11.8 Å². The second kappa shape index (κ2) is 4.90.